The lowest BCUT2D eigenvalue weighted by molar-refractivity contribution is -0.120. The zero-order valence-electron chi connectivity index (χ0n) is 15.6. The van der Waals surface area contributed by atoms with Crippen LogP contribution in [0.2, 0.25) is 0 Å². The van der Waals surface area contributed by atoms with Gasteiger partial charge in [0.05, 0.1) is 5.25 Å². The first-order valence-electron chi connectivity index (χ1n) is 9.48. The number of aromatic nitrogens is 3. The van der Waals surface area contributed by atoms with Gasteiger partial charge in [-0.15, -0.1) is 5.10 Å². The SMILES string of the molecule is CC(Sc1n[nH]c(/C=C/c2ccccc2)n1)C(=O)NCCC1=CCCCC1. The second-order valence-electron chi connectivity index (χ2n) is 6.66. The van der Waals surface area contributed by atoms with E-state index in [0.717, 1.165) is 12.0 Å². The minimum atomic E-state index is -0.230. The first-order valence-corrected chi connectivity index (χ1v) is 10.4. The standard InChI is InChI=1S/C21H26N4OS/c1-16(20(26)22-15-14-18-10-6-3-7-11-18)27-21-23-19(24-25-21)13-12-17-8-4-2-5-9-17/h2,4-5,8-10,12-13,16H,3,6-7,11,14-15H2,1H3,(H,22,26)(H,23,24,25)/b13-12+. The van der Waals surface area contributed by atoms with E-state index in [2.05, 4.69) is 26.6 Å². The van der Waals surface area contributed by atoms with Gasteiger partial charge in [-0.05, 0) is 50.7 Å². The molecule has 0 bridgehead atoms. The second-order valence-corrected chi connectivity index (χ2v) is 7.96. The van der Waals surface area contributed by atoms with E-state index in [1.165, 1.54) is 43.0 Å². The van der Waals surface area contributed by atoms with Gasteiger partial charge in [-0.25, -0.2) is 4.98 Å². The predicted molar refractivity (Wildman–Crippen MR) is 111 cm³/mol. The van der Waals surface area contributed by atoms with Crippen LogP contribution >= 0.6 is 11.8 Å². The van der Waals surface area contributed by atoms with Crippen LogP contribution in [0.4, 0.5) is 0 Å². The van der Waals surface area contributed by atoms with Gasteiger partial charge >= 0.3 is 0 Å². The van der Waals surface area contributed by atoms with E-state index in [1.54, 1.807) is 0 Å². The number of rotatable bonds is 8. The summed E-state index contributed by atoms with van der Waals surface area (Å²) in [6.45, 7) is 2.59. The molecule has 1 heterocycles. The van der Waals surface area contributed by atoms with Gasteiger partial charge in [-0.1, -0.05) is 59.8 Å². The van der Waals surface area contributed by atoms with E-state index in [1.807, 2.05) is 49.4 Å². The second kappa shape index (κ2) is 10.1. The summed E-state index contributed by atoms with van der Waals surface area (Å²) in [6, 6.07) is 10.0. The predicted octanol–water partition coefficient (Wildman–Crippen LogP) is 4.46. The molecule has 27 heavy (non-hydrogen) atoms. The fourth-order valence-corrected chi connectivity index (χ4v) is 3.71. The molecule has 1 unspecified atom stereocenters. The van der Waals surface area contributed by atoms with E-state index >= 15 is 0 Å². The number of aromatic amines is 1. The van der Waals surface area contributed by atoms with Crippen LogP contribution in [0.25, 0.3) is 12.2 Å². The maximum atomic E-state index is 12.3. The molecule has 1 aliphatic rings. The average Bonchev–Trinajstić information content (AvgIpc) is 3.15. The number of amides is 1. The number of benzene rings is 1. The zero-order chi connectivity index (χ0) is 18.9. The highest BCUT2D eigenvalue weighted by Crippen LogP contribution is 2.21. The van der Waals surface area contributed by atoms with Crippen LogP contribution < -0.4 is 5.32 Å². The molecule has 0 saturated heterocycles. The van der Waals surface area contributed by atoms with Crippen LogP contribution in [0.1, 0.15) is 50.4 Å². The molecule has 1 aromatic carbocycles. The summed E-state index contributed by atoms with van der Waals surface area (Å²) >= 11 is 1.37. The normalized spacial score (nSPS) is 15.5. The smallest absolute Gasteiger partial charge is 0.233 e. The highest BCUT2D eigenvalue weighted by atomic mass is 32.2. The number of hydrogen-bond acceptors (Lipinski definition) is 4. The van der Waals surface area contributed by atoms with Crippen molar-refractivity contribution in [2.24, 2.45) is 0 Å². The molecule has 1 aromatic heterocycles. The average molecular weight is 383 g/mol. The summed E-state index contributed by atoms with van der Waals surface area (Å²) in [4.78, 5) is 16.7. The highest BCUT2D eigenvalue weighted by molar-refractivity contribution is 8.00. The molecular weight excluding hydrogens is 356 g/mol. The van der Waals surface area contributed by atoms with Crippen LogP contribution in [0, 0.1) is 0 Å². The van der Waals surface area contributed by atoms with Crippen LogP contribution in [0.3, 0.4) is 0 Å². The quantitative estimate of drug-likeness (QED) is 0.522. The summed E-state index contributed by atoms with van der Waals surface area (Å²) in [7, 11) is 0. The molecule has 2 N–H and O–H groups in total. The van der Waals surface area contributed by atoms with Gasteiger partial charge < -0.3 is 5.32 Å². The maximum Gasteiger partial charge on any atom is 0.233 e. The lowest BCUT2D eigenvalue weighted by Crippen LogP contribution is -2.32. The Balaban J connectivity index is 1.44. The number of hydrogen-bond donors (Lipinski definition) is 2. The molecule has 0 spiro atoms. The van der Waals surface area contributed by atoms with Crippen molar-refractivity contribution in [3.05, 3.63) is 53.4 Å². The van der Waals surface area contributed by atoms with Gasteiger partial charge in [0.1, 0.15) is 5.82 Å². The van der Waals surface area contributed by atoms with Crippen LogP contribution in [-0.4, -0.2) is 32.9 Å². The van der Waals surface area contributed by atoms with Crippen molar-refractivity contribution in [2.45, 2.75) is 49.4 Å². The number of H-pyrrole nitrogens is 1. The number of nitrogens with zero attached hydrogens (tertiary/aromatic N) is 2. The highest BCUT2D eigenvalue weighted by Gasteiger charge is 2.16. The zero-order valence-corrected chi connectivity index (χ0v) is 16.5. The number of thioether (sulfide) groups is 1. The van der Waals surface area contributed by atoms with Gasteiger partial charge in [0.2, 0.25) is 11.1 Å². The van der Waals surface area contributed by atoms with Crippen molar-refractivity contribution in [2.75, 3.05) is 6.54 Å². The Morgan fingerprint density at radius 3 is 2.93 bits per heavy atom. The molecule has 5 nitrogen and oxygen atoms in total. The van der Waals surface area contributed by atoms with Crippen LogP contribution in [0.5, 0.6) is 0 Å². The molecule has 142 valence electrons. The Kier molecular flexibility index (Phi) is 7.27. The summed E-state index contributed by atoms with van der Waals surface area (Å²) in [5, 5.41) is 10.5. The van der Waals surface area contributed by atoms with Gasteiger partial charge in [-0.2, -0.15) is 0 Å². The minimum absolute atomic E-state index is 0.0302. The molecule has 0 saturated carbocycles. The van der Waals surface area contributed by atoms with E-state index in [9.17, 15) is 4.79 Å². The molecule has 1 atom stereocenters. The van der Waals surface area contributed by atoms with E-state index < -0.39 is 0 Å². The third kappa shape index (κ3) is 6.40. The van der Waals surface area contributed by atoms with Gasteiger partial charge in [0.25, 0.3) is 0 Å². The molecule has 0 fully saturated rings. The van der Waals surface area contributed by atoms with Crippen molar-refractivity contribution in [3.8, 4) is 0 Å². The first kappa shape index (κ1) is 19.4. The Morgan fingerprint density at radius 1 is 1.30 bits per heavy atom. The number of nitrogens with one attached hydrogen (secondary N) is 2. The van der Waals surface area contributed by atoms with Gasteiger partial charge in [-0.3, -0.25) is 9.89 Å². The van der Waals surface area contributed by atoms with E-state index in [0.29, 0.717) is 17.5 Å². The van der Waals surface area contributed by atoms with Crippen molar-refractivity contribution >= 4 is 29.8 Å². The molecule has 1 aliphatic carbocycles. The lowest BCUT2D eigenvalue weighted by Gasteiger charge is -2.14. The lowest BCUT2D eigenvalue weighted by atomic mass is 9.97. The van der Waals surface area contributed by atoms with Crippen LogP contribution in [0.15, 0.2) is 47.1 Å². The summed E-state index contributed by atoms with van der Waals surface area (Å²) in [5.41, 5.74) is 2.58. The van der Waals surface area contributed by atoms with E-state index in [-0.39, 0.29) is 11.2 Å². The van der Waals surface area contributed by atoms with Crippen molar-refractivity contribution in [1.82, 2.24) is 20.5 Å². The number of carbonyl (C=O) groups is 1. The van der Waals surface area contributed by atoms with Crippen molar-refractivity contribution in [3.63, 3.8) is 0 Å². The molecule has 1 amide bonds. The Morgan fingerprint density at radius 2 is 2.15 bits per heavy atom. The monoisotopic (exact) mass is 382 g/mol. The summed E-state index contributed by atoms with van der Waals surface area (Å²) in [5.74, 6) is 0.709. The van der Waals surface area contributed by atoms with Gasteiger partial charge in [0, 0.05) is 6.54 Å². The summed E-state index contributed by atoms with van der Waals surface area (Å²) in [6.07, 6.45) is 12.1. The van der Waals surface area contributed by atoms with Crippen LogP contribution in [-0.2, 0) is 4.79 Å². The fraction of sp³-hybridized carbons (Fsp3) is 0.381. The van der Waals surface area contributed by atoms with Crippen molar-refractivity contribution in [1.29, 1.82) is 0 Å². The van der Waals surface area contributed by atoms with E-state index in [4.69, 9.17) is 0 Å². The molecular formula is C21H26N4OS. The third-order valence-corrected chi connectivity index (χ3v) is 5.46. The Hall–Kier alpha value is -2.34. The molecule has 0 aliphatic heterocycles. The maximum absolute atomic E-state index is 12.3. The number of allylic oxidation sites excluding steroid dienone is 1. The van der Waals surface area contributed by atoms with Crippen molar-refractivity contribution < 1.29 is 4.79 Å². The summed E-state index contributed by atoms with van der Waals surface area (Å²) < 4.78 is 0. The number of carbonyl (C=O) groups excluding carboxylic acids is 1. The Labute approximate surface area is 164 Å². The molecule has 6 heteroatoms. The largest absolute Gasteiger partial charge is 0.355 e. The molecule has 2 aromatic rings. The Bertz CT molecular complexity index is 798. The van der Waals surface area contributed by atoms with Gasteiger partial charge in [0.15, 0.2) is 0 Å². The topological polar surface area (TPSA) is 70.7 Å². The first-order chi connectivity index (χ1) is 13.2. The molecule has 3 rings (SSSR count). The third-order valence-electron chi connectivity index (χ3n) is 4.50. The fourth-order valence-electron chi connectivity index (χ4n) is 2.96. The minimum Gasteiger partial charge on any atom is -0.355 e. The molecule has 0 radical (unpaired) electrons.